The van der Waals surface area contributed by atoms with E-state index in [-0.39, 0.29) is 0 Å². The van der Waals surface area contributed by atoms with Crippen LogP contribution in [0.4, 0.5) is 11.5 Å². The minimum absolute atomic E-state index is 0.354. The molecular weight excluding hydrogens is 334 g/mol. The number of nitriles is 1. The smallest absolute Gasteiger partial charge is 0.133 e. The number of nitrogens with zero attached hydrogens (tertiary/aromatic N) is 5. The molecule has 0 bridgehead atoms. The summed E-state index contributed by atoms with van der Waals surface area (Å²) in [5.41, 5.74) is 1.48. The first-order chi connectivity index (χ1) is 12.2. The van der Waals surface area contributed by atoms with Gasteiger partial charge in [-0.2, -0.15) is 5.26 Å². The minimum atomic E-state index is 0.354. The summed E-state index contributed by atoms with van der Waals surface area (Å²) < 4.78 is 0. The molecule has 0 N–H and O–H groups in total. The van der Waals surface area contributed by atoms with E-state index in [1.54, 1.807) is 6.07 Å². The van der Waals surface area contributed by atoms with Gasteiger partial charge in [0.25, 0.3) is 0 Å². The third-order valence-electron chi connectivity index (χ3n) is 5.12. The van der Waals surface area contributed by atoms with Crippen molar-refractivity contribution in [1.29, 1.82) is 5.26 Å². The van der Waals surface area contributed by atoms with Crippen molar-refractivity contribution >= 4 is 23.1 Å². The third-order valence-corrected chi connectivity index (χ3v) is 5.43. The van der Waals surface area contributed by atoms with Crippen LogP contribution in [-0.2, 0) is 0 Å². The summed E-state index contributed by atoms with van der Waals surface area (Å²) in [5, 5.41) is 9.93. The first-order valence-corrected chi connectivity index (χ1v) is 9.04. The fourth-order valence-corrected chi connectivity index (χ4v) is 3.66. The molecule has 2 heterocycles. The Labute approximate surface area is 152 Å². The molecule has 4 rings (SSSR count). The predicted octanol–water partition coefficient (Wildman–Crippen LogP) is 3.59. The standard InChI is InChI=1S/C19H20ClN5/c1-24(18-7-9-22-19(23-18)13-5-6-13)14-8-10-25(12-14)17-4-2-3-16(20)15(17)11-21/h2-4,7,9,13-14H,5-6,8,10,12H2,1H3. The second-order valence-corrected chi connectivity index (χ2v) is 7.20. The van der Waals surface area contributed by atoms with Crippen LogP contribution in [0.3, 0.4) is 0 Å². The van der Waals surface area contributed by atoms with Gasteiger partial charge in [-0.05, 0) is 37.5 Å². The second kappa shape index (κ2) is 6.53. The average molecular weight is 354 g/mol. The molecule has 1 aromatic carbocycles. The van der Waals surface area contributed by atoms with E-state index in [1.165, 1.54) is 12.8 Å². The van der Waals surface area contributed by atoms with Gasteiger partial charge in [0.15, 0.2) is 0 Å². The first kappa shape index (κ1) is 16.2. The molecule has 1 aromatic heterocycles. The van der Waals surface area contributed by atoms with Gasteiger partial charge in [-0.15, -0.1) is 0 Å². The zero-order valence-electron chi connectivity index (χ0n) is 14.2. The molecule has 0 radical (unpaired) electrons. The van der Waals surface area contributed by atoms with Crippen molar-refractivity contribution in [2.45, 2.75) is 31.2 Å². The van der Waals surface area contributed by atoms with Crippen molar-refractivity contribution < 1.29 is 0 Å². The predicted molar refractivity (Wildman–Crippen MR) is 99.2 cm³/mol. The fraction of sp³-hybridized carbons (Fsp3) is 0.421. The lowest BCUT2D eigenvalue weighted by molar-refractivity contribution is 0.680. The number of hydrogen-bond donors (Lipinski definition) is 0. The minimum Gasteiger partial charge on any atom is -0.368 e. The number of hydrogen-bond acceptors (Lipinski definition) is 5. The molecule has 1 saturated heterocycles. The van der Waals surface area contributed by atoms with Crippen molar-refractivity contribution in [1.82, 2.24) is 9.97 Å². The van der Waals surface area contributed by atoms with Gasteiger partial charge in [0.2, 0.25) is 0 Å². The maximum Gasteiger partial charge on any atom is 0.133 e. The summed E-state index contributed by atoms with van der Waals surface area (Å²) in [5.74, 6) is 2.51. The van der Waals surface area contributed by atoms with E-state index in [0.29, 0.717) is 22.5 Å². The highest BCUT2D eigenvalue weighted by Crippen LogP contribution is 2.38. The summed E-state index contributed by atoms with van der Waals surface area (Å²) in [4.78, 5) is 13.6. The molecule has 6 heteroatoms. The highest BCUT2D eigenvalue weighted by Gasteiger charge is 2.30. The quantitative estimate of drug-likeness (QED) is 0.840. The zero-order chi connectivity index (χ0) is 17.4. The molecule has 1 unspecified atom stereocenters. The van der Waals surface area contributed by atoms with Gasteiger partial charge in [0.05, 0.1) is 16.3 Å². The summed E-state index contributed by atoms with van der Waals surface area (Å²) in [6, 6.07) is 10.2. The maximum atomic E-state index is 9.41. The van der Waals surface area contributed by atoms with Crippen LogP contribution in [0.1, 0.15) is 36.6 Å². The monoisotopic (exact) mass is 353 g/mol. The zero-order valence-corrected chi connectivity index (χ0v) is 14.9. The van der Waals surface area contributed by atoms with Gasteiger partial charge in [0.1, 0.15) is 17.7 Å². The number of anilines is 2. The summed E-state index contributed by atoms with van der Waals surface area (Å²) in [6.45, 7) is 1.76. The van der Waals surface area contributed by atoms with Crippen LogP contribution in [0, 0.1) is 11.3 Å². The Morgan fingerprint density at radius 2 is 2.12 bits per heavy atom. The molecule has 1 aliphatic carbocycles. The van der Waals surface area contributed by atoms with Gasteiger partial charge >= 0.3 is 0 Å². The normalized spacial score (nSPS) is 19.7. The SMILES string of the molecule is CN(c1ccnc(C2CC2)n1)C1CCN(c2cccc(Cl)c2C#N)C1. The lowest BCUT2D eigenvalue weighted by atomic mass is 10.2. The lowest BCUT2D eigenvalue weighted by Gasteiger charge is -2.27. The topological polar surface area (TPSA) is 56.1 Å². The van der Waals surface area contributed by atoms with Crippen LogP contribution in [0.5, 0.6) is 0 Å². The van der Waals surface area contributed by atoms with Gasteiger partial charge in [-0.1, -0.05) is 17.7 Å². The Kier molecular flexibility index (Phi) is 4.22. The number of likely N-dealkylation sites (N-methyl/N-ethyl adjacent to an activating group) is 1. The maximum absolute atomic E-state index is 9.41. The van der Waals surface area contributed by atoms with E-state index in [9.17, 15) is 5.26 Å². The molecule has 1 saturated carbocycles. The number of benzene rings is 1. The Morgan fingerprint density at radius 3 is 2.88 bits per heavy atom. The van der Waals surface area contributed by atoms with Crippen LogP contribution in [0.25, 0.3) is 0 Å². The number of halogens is 1. The van der Waals surface area contributed by atoms with Crippen molar-refractivity contribution in [3.05, 3.63) is 46.9 Å². The lowest BCUT2D eigenvalue weighted by Crippen LogP contribution is -2.35. The van der Waals surface area contributed by atoms with Crippen molar-refractivity contribution in [2.24, 2.45) is 0 Å². The Bertz CT molecular complexity index is 827. The number of rotatable bonds is 4. The van der Waals surface area contributed by atoms with E-state index in [1.807, 2.05) is 24.4 Å². The van der Waals surface area contributed by atoms with E-state index >= 15 is 0 Å². The van der Waals surface area contributed by atoms with E-state index in [4.69, 9.17) is 16.6 Å². The molecule has 1 atom stereocenters. The highest BCUT2D eigenvalue weighted by atomic mass is 35.5. The van der Waals surface area contributed by atoms with Gasteiger partial charge in [-0.3, -0.25) is 0 Å². The molecule has 128 valence electrons. The Hall–Kier alpha value is -2.32. The molecule has 5 nitrogen and oxygen atoms in total. The Balaban J connectivity index is 1.52. The van der Waals surface area contributed by atoms with E-state index in [0.717, 1.165) is 36.8 Å². The highest BCUT2D eigenvalue weighted by molar-refractivity contribution is 6.32. The van der Waals surface area contributed by atoms with Crippen LogP contribution < -0.4 is 9.80 Å². The summed E-state index contributed by atoms with van der Waals surface area (Å²) >= 11 is 6.18. The number of aromatic nitrogens is 2. The average Bonchev–Trinajstić information content (AvgIpc) is 3.38. The second-order valence-electron chi connectivity index (χ2n) is 6.79. The molecular formula is C19H20ClN5. The van der Waals surface area contributed by atoms with Crippen molar-refractivity contribution in [3.63, 3.8) is 0 Å². The van der Waals surface area contributed by atoms with Gasteiger partial charge in [-0.25, -0.2) is 9.97 Å². The fourth-order valence-electron chi connectivity index (χ4n) is 3.45. The molecule has 0 spiro atoms. The molecule has 0 amide bonds. The van der Waals surface area contributed by atoms with Crippen molar-refractivity contribution in [3.8, 4) is 6.07 Å². The molecule has 2 aromatic rings. The van der Waals surface area contributed by atoms with Crippen LogP contribution in [0.2, 0.25) is 5.02 Å². The van der Waals surface area contributed by atoms with Gasteiger partial charge in [0, 0.05) is 38.3 Å². The Morgan fingerprint density at radius 1 is 1.28 bits per heavy atom. The van der Waals surface area contributed by atoms with E-state index < -0.39 is 0 Å². The molecule has 1 aliphatic heterocycles. The van der Waals surface area contributed by atoms with Crippen LogP contribution in [-0.4, -0.2) is 36.1 Å². The largest absolute Gasteiger partial charge is 0.368 e. The van der Waals surface area contributed by atoms with Crippen LogP contribution >= 0.6 is 11.6 Å². The summed E-state index contributed by atoms with van der Waals surface area (Å²) in [7, 11) is 2.09. The van der Waals surface area contributed by atoms with Gasteiger partial charge < -0.3 is 9.80 Å². The first-order valence-electron chi connectivity index (χ1n) is 8.66. The molecule has 2 aliphatic rings. The summed E-state index contributed by atoms with van der Waals surface area (Å²) in [6.07, 6.45) is 5.30. The van der Waals surface area contributed by atoms with E-state index in [2.05, 4.69) is 27.9 Å². The van der Waals surface area contributed by atoms with Crippen LogP contribution in [0.15, 0.2) is 30.5 Å². The molecule has 2 fully saturated rings. The van der Waals surface area contributed by atoms with Crippen molar-refractivity contribution in [2.75, 3.05) is 29.9 Å². The third kappa shape index (κ3) is 3.14. The molecule has 25 heavy (non-hydrogen) atoms.